The topological polar surface area (TPSA) is 89.6 Å². The van der Waals surface area contributed by atoms with Crippen LogP contribution in [0.5, 0.6) is 17.2 Å². The van der Waals surface area contributed by atoms with Gasteiger partial charge in [-0.1, -0.05) is 0 Å². The zero-order valence-electron chi connectivity index (χ0n) is 17.2. The molecular weight excluding hydrogens is 384 g/mol. The van der Waals surface area contributed by atoms with Crippen LogP contribution in [0, 0.1) is 0 Å². The second kappa shape index (κ2) is 8.44. The highest BCUT2D eigenvalue weighted by molar-refractivity contribution is 5.96. The number of aromatic nitrogens is 3. The molecule has 3 aromatic rings. The maximum Gasteiger partial charge on any atom is 0.254 e. The largest absolute Gasteiger partial charge is 0.493 e. The second-order valence-electron chi connectivity index (χ2n) is 7.00. The maximum absolute atomic E-state index is 13.5. The van der Waals surface area contributed by atoms with Crippen LogP contribution in [0.25, 0.3) is 11.1 Å². The highest BCUT2D eigenvalue weighted by Crippen LogP contribution is 2.41. The van der Waals surface area contributed by atoms with E-state index in [2.05, 4.69) is 15.2 Å². The summed E-state index contributed by atoms with van der Waals surface area (Å²) in [5.41, 5.74) is 3.41. The number of carbonyl (C=O) groups excluding carboxylic acids is 1. The Morgan fingerprint density at radius 2 is 1.80 bits per heavy atom. The normalized spacial score (nSPS) is 15.8. The highest BCUT2D eigenvalue weighted by atomic mass is 16.5. The third kappa shape index (κ3) is 3.45. The number of aromatic amines is 1. The van der Waals surface area contributed by atoms with Crippen LogP contribution in [0.2, 0.25) is 0 Å². The van der Waals surface area contributed by atoms with E-state index in [1.165, 1.54) is 21.3 Å². The number of pyridine rings is 1. The number of carbonyl (C=O) groups is 1. The molecule has 1 aliphatic heterocycles. The summed E-state index contributed by atoms with van der Waals surface area (Å²) in [5.74, 6) is 1.28. The molecule has 4 rings (SSSR count). The number of nitrogens with zero attached hydrogens (tertiary/aromatic N) is 3. The van der Waals surface area contributed by atoms with E-state index in [9.17, 15) is 4.79 Å². The fourth-order valence-electron chi connectivity index (χ4n) is 3.99. The summed E-state index contributed by atoms with van der Waals surface area (Å²) in [5, 5.41) is 7.36. The molecule has 156 valence electrons. The van der Waals surface area contributed by atoms with E-state index < -0.39 is 0 Å². The molecule has 1 N–H and O–H groups in total. The van der Waals surface area contributed by atoms with E-state index in [-0.39, 0.29) is 11.9 Å². The molecule has 1 saturated heterocycles. The van der Waals surface area contributed by atoms with Gasteiger partial charge in [0.1, 0.15) is 0 Å². The van der Waals surface area contributed by atoms with Gasteiger partial charge >= 0.3 is 0 Å². The predicted octanol–water partition coefficient (Wildman–Crippen LogP) is 3.47. The third-order valence-corrected chi connectivity index (χ3v) is 5.42. The molecule has 1 amide bonds. The van der Waals surface area contributed by atoms with E-state index in [0.29, 0.717) is 29.4 Å². The minimum Gasteiger partial charge on any atom is -0.493 e. The molecule has 1 unspecified atom stereocenters. The summed E-state index contributed by atoms with van der Waals surface area (Å²) in [4.78, 5) is 19.4. The number of likely N-dealkylation sites (tertiary alicyclic amines) is 1. The fourth-order valence-corrected chi connectivity index (χ4v) is 3.99. The maximum atomic E-state index is 13.5. The molecule has 3 heterocycles. The summed E-state index contributed by atoms with van der Waals surface area (Å²) in [6.45, 7) is 0.662. The Bertz CT molecular complexity index is 1010. The van der Waals surface area contributed by atoms with Crippen molar-refractivity contribution < 1.29 is 19.0 Å². The molecular formula is C22H24N4O4. The zero-order valence-corrected chi connectivity index (χ0v) is 17.2. The molecule has 1 aliphatic rings. The van der Waals surface area contributed by atoms with Gasteiger partial charge in [0.05, 0.1) is 39.3 Å². The minimum absolute atomic E-state index is 0.0907. The van der Waals surface area contributed by atoms with Gasteiger partial charge in [-0.25, -0.2) is 0 Å². The van der Waals surface area contributed by atoms with Crippen molar-refractivity contribution in [3.8, 4) is 28.4 Å². The van der Waals surface area contributed by atoms with E-state index >= 15 is 0 Å². The lowest BCUT2D eigenvalue weighted by Gasteiger charge is -2.25. The second-order valence-corrected chi connectivity index (χ2v) is 7.00. The first-order chi connectivity index (χ1) is 14.7. The third-order valence-electron chi connectivity index (χ3n) is 5.42. The van der Waals surface area contributed by atoms with Crippen LogP contribution < -0.4 is 14.2 Å². The number of benzene rings is 1. The molecule has 8 nitrogen and oxygen atoms in total. The van der Waals surface area contributed by atoms with Crippen LogP contribution in [0.1, 0.15) is 34.9 Å². The lowest BCUT2D eigenvalue weighted by molar-refractivity contribution is 0.0732. The van der Waals surface area contributed by atoms with E-state index in [1.54, 1.807) is 30.7 Å². The molecule has 0 aliphatic carbocycles. The first-order valence-electron chi connectivity index (χ1n) is 9.72. The average Bonchev–Trinajstić information content (AvgIpc) is 3.47. The van der Waals surface area contributed by atoms with Crippen LogP contribution in [-0.4, -0.2) is 53.9 Å². The molecule has 1 atom stereocenters. The first kappa shape index (κ1) is 19.8. The van der Waals surface area contributed by atoms with Crippen molar-refractivity contribution >= 4 is 5.91 Å². The van der Waals surface area contributed by atoms with E-state index in [0.717, 1.165) is 29.7 Å². The number of H-pyrrole nitrogens is 1. The Kier molecular flexibility index (Phi) is 5.56. The zero-order chi connectivity index (χ0) is 21.1. The first-order valence-corrected chi connectivity index (χ1v) is 9.72. The van der Waals surface area contributed by atoms with Gasteiger partial charge < -0.3 is 19.1 Å². The van der Waals surface area contributed by atoms with Crippen molar-refractivity contribution in [2.45, 2.75) is 18.9 Å². The smallest absolute Gasteiger partial charge is 0.254 e. The summed E-state index contributed by atoms with van der Waals surface area (Å²) < 4.78 is 16.2. The van der Waals surface area contributed by atoms with Crippen molar-refractivity contribution in [1.29, 1.82) is 0 Å². The summed E-state index contributed by atoms with van der Waals surface area (Å²) in [6, 6.07) is 7.16. The van der Waals surface area contributed by atoms with E-state index in [4.69, 9.17) is 14.2 Å². The van der Waals surface area contributed by atoms with Gasteiger partial charge in [-0.3, -0.25) is 14.9 Å². The van der Waals surface area contributed by atoms with Crippen molar-refractivity contribution in [1.82, 2.24) is 20.1 Å². The van der Waals surface area contributed by atoms with Gasteiger partial charge in [0.15, 0.2) is 11.5 Å². The lowest BCUT2D eigenvalue weighted by atomic mass is 10.0. The van der Waals surface area contributed by atoms with Crippen LogP contribution in [-0.2, 0) is 0 Å². The van der Waals surface area contributed by atoms with Gasteiger partial charge in [-0.05, 0) is 42.7 Å². The van der Waals surface area contributed by atoms with Crippen LogP contribution in [0.4, 0.5) is 0 Å². The van der Waals surface area contributed by atoms with Crippen molar-refractivity contribution in [2.24, 2.45) is 0 Å². The van der Waals surface area contributed by atoms with Gasteiger partial charge in [-0.15, -0.1) is 0 Å². The lowest BCUT2D eigenvalue weighted by Crippen LogP contribution is -2.31. The molecule has 1 fully saturated rings. The van der Waals surface area contributed by atoms with Gasteiger partial charge in [0.2, 0.25) is 5.75 Å². The van der Waals surface area contributed by atoms with E-state index in [1.807, 2.05) is 17.0 Å². The monoisotopic (exact) mass is 408 g/mol. The highest BCUT2D eigenvalue weighted by Gasteiger charge is 2.34. The number of methoxy groups -OCH3 is 3. The number of hydrogen-bond acceptors (Lipinski definition) is 6. The Balaban J connectivity index is 1.69. The molecule has 0 spiro atoms. The quantitative estimate of drug-likeness (QED) is 0.672. The molecule has 2 aromatic heterocycles. The molecule has 30 heavy (non-hydrogen) atoms. The molecule has 0 radical (unpaired) electrons. The van der Waals surface area contributed by atoms with Crippen LogP contribution in [0.15, 0.2) is 42.9 Å². The van der Waals surface area contributed by atoms with Crippen LogP contribution >= 0.6 is 0 Å². The van der Waals surface area contributed by atoms with Crippen molar-refractivity contribution in [3.63, 3.8) is 0 Å². The van der Waals surface area contributed by atoms with Crippen LogP contribution in [0.3, 0.4) is 0 Å². The molecule has 1 aromatic carbocycles. The minimum atomic E-state index is -0.0951. The summed E-state index contributed by atoms with van der Waals surface area (Å²) >= 11 is 0. The van der Waals surface area contributed by atoms with Gasteiger partial charge in [0, 0.05) is 30.1 Å². The van der Waals surface area contributed by atoms with Crippen molar-refractivity contribution in [2.75, 3.05) is 27.9 Å². The Morgan fingerprint density at radius 1 is 1.10 bits per heavy atom. The Morgan fingerprint density at radius 3 is 2.43 bits per heavy atom. The number of amides is 1. The Labute approximate surface area is 174 Å². The number of hydrogen-bond donors (Lipinski definition) is 1. The van der Waals surface area contributed by atoms with Gasteiger partial charge in [0.25, 0.3) is 5.91 Å². The molecule has 0 bridgehead atoms. The molecule has 0 saturated carbocycles. The summed E-state index contributed by atoms with van der Waals surface area (Å²) in [7, 11) is 4.61. The number of rotatable bonds is 6. The number of nitrogens with one attached hydrogen (secondary N) is 1. The SMILES string of the molecule is COc1cc(C(=O)N2CCCC2c2[nH]ncc2-c2ccncc2)cc(OC)c1OC. The predicted molar refractivity (Wildman–Crippen MR) is 111 cm³/mol. The molecule has 8 heteroatoms. The van der Waals surface area contributed by atoms with Gasteiger partial charge in [-0.2, -0.15) is 5.10 Å². The standard InChI is InChI=1S/C22H24N4O4/c1-28-18-11-15(12-19(29-2)21(18)30-3)22(27)26-10-4-5-17(26)20-16(13-24-25-20)14-6-8-23-9-7-14/h6-9,11-13,17H,4-5,10H2,1-3H3,(H,24,25). The average molecular weight is 408 g/mol. The Hall–Kier alpha value is -3.55. The summed E-state index contributed by atoms with van der Waals surface area (Å²) in [6.07, 6.45) is 7.07. The fraction of sp³-hybridized carbons (Fsp3) is 0.318. The van der Waals surface area contributed by atoms with Crippen molar-refractivity contribution in [3.05, 3.63) is 54.1 Å². The number of ether oxygens (including phenoxy) is 3.